The summed E-state index contributed by atoms with van der Waals surface area (Å²) in [5.41, 5.74) is 3.73. The van der Waals surface area contributed by atoms with Gasteiger partial charge in [-0.2, -0.15) is 0 Å². The third-order valence-corrected chi connectivity index (χ3v) is 4.79. The SMILES string of the molecule is CC(C)(C)CCOCCOCCOCCn1cc(-c2ccc(C(C)(C)C)cc2)nn1. The fraction of sp³-hybridized carbons (Fsp3) is 0.667. The Morgan fingerprint density at radius 1 is 0.767 bits per heavy atom. The Balaban J connectivity index is 1.56. The predicted molar refractivity (Wildman–Crippen MR) is 121 cm³/mol. The van der Waals surface area contributed by atoms with E-state index < -0.39 is 0 Å². The second-order valence-corrected chi connectivity index (χ2v) is 9.84. The smallest absolute Gasteiger partial charge is 0.113 e. The number of rotatable bonds is 12. The molecule has 1 aromatic heterocycles. The molecule has 168 valence electrons. The molecule has 0 saturated heterocycles. The number of benzene rings is 1. The van der Waals surface area contributed by atoms with Gasteiger partial charge in [-0.1, -0.05) is 71.0 Å². The van der Waals surface area contributed by atoms with Gasteiger partial charge in [0.15, 0.2) is 0 Å². The van der Waals surface area contributed by atoms with E-state index in [4.69, 9.17) is 14.2 Å². The summed E-state index contributed by atoms with van der Waals surface area (Å²) in [4.78, 5) is 0. The van der Waals surface area contributed by atoms with E-state index in [0.717, 1.165) is 24.3 Å². The second kappa shape index (κ2) is 11.6. The molecule has 0 atom stereocenters. The Morgan fingerprint density at radius 2 is 1.33 bits per heavy atom. The summed E-state index contributed by atoms with van der Waals surface area (Å²) >= 11 is 0. The third-order valence-electron chi connectivity index (χ3n) is 4.79. The minimum atomic E-state index is 0.149. The number of hydrogen-bond acceptors (Lipinski definition) is 5. The van der Waals surface area contributed by atoms with Crippen molar-refractivity contribution in [1.82, 2.24) is 15.0 Å². The molecular weight excluding hydrogens is 378 g/mol. The molecule has 0 aliphatic heterocycles. The number of ether oxygens (including phenoxy) is 3. The molecule has 0 fully saturated rings. The van der Waals surface area contributed by atoms with E-state index in [2.05, 4.69) is 76.1 Å². The molecule has 1 aromatic carbocycles. The monoisotopic (exact) mass is 417 g/mol. The summed E-state index contributed by atoms with van der Waals surface area (Å²) in [5, 5.41) is 8.47. The lowest BCUT2D eigenvalue weighted by molar-refractivity contribution is 0.00881. The maximum Gasteiger partial charge on any atom is 0.113 e. The van der Waals surface area contributed by atoms with Crippen LogP contribution in [0.15, 0.2) is 30.5 Å². The molecule has 0 radical (unpaired) electrons. The Morgan fingerprint density at radius 3 is 1.90 bits per heavy atom. The summed E-state index contributed by atoms with van der Waals surface area (Å²) in [6.45, 7) is 17.7. The molecule has 0 aliphatic carbocycles. The van der Waals surface area contributed by atoms with Crippen molar-refractivity contribution in [3.8, 4) is 11.3 Å². The molecule has 6 nitrogen and oxygen atoms in total. The molecule has 0 unspecified atom stereocenters. The quantitative estimate of drug-likeness (QED) is 0.467. The van der Waals surface area contributed by atoms with Gasteiger partial charge >= 0.3 is 0 Å². The first-order chi connectivity index (χ1) is 14.1. The lowest BCUT2D eigenvalue weighted by Gasteiger charge is -2.18. The highest BCUT2D eigenvalue weighted by atomic mass is 16.5. The van der Waals surface area contributed by atoms with Crippen molar-refractivity contribution in [3.63, 3.8) is 0 Å². The summed E-state index contributed by atoms with van der Waals surface area (Å²) in [5.74, 6) is 0. The van der Waals surface area contributed by atoms with Gasteiger partial charge in [0.05, 0.1) is 45.8 Å². The lowest BCUT2D eigenvalue weighted by Crippen LogP contribution is -2.14. The Kier molecular flexibility index (Phi) is 9.46. The van der Waals surface area contributed by atoms with E-state index in [1.165, 1.54) is 5.56 Å². The van der Waals surface area contributed by atoms with Gasteiger partial charge in [-0.3, -0.25) is 0 Å². The maximum absolute atomic E-state index is 5.62. The van der Waals surface area contributed by atoms with Crippen molar-refractivity contribution in [2.24, 2.45) is 5.41 Å². The fourth-order valence-corrected chi connectivity index (χ4v) is 2.76. The molecule has 0 spiro atoms. The summed E-state index contributed by atoms with van der Waals surface area (Å²) < 4.78 is 18.5. The second-order valence-electron chi connectivity index (χ2n) is 9.84. The first-order valence-electron chi connectivity index (χ1n) is 10.9. The van der Waals surface area contributed by atoms with Crippen LogP contribution in [0, 0.1) is 5.41 Å². The van der Waals surface area contributed by atoms with Crippen LogP contribution in [0.3, 0.4) is 0 Å². The van der Waals surface area contributed by atoms with Gasteiger partial charge in [0.1, 0.15) is 5.69 Å². The first-order valence-corrected chi connectivity index (χ1v) is 10.9. The summed E-state index contributed by atoms with van der Waals surface area (Å²) in [6, 6.07) is 8.53. The van der Waals surface area contributed by atoms with E-state index in [1.807, 2.05) is 10.9 Å². The first kappa shape index (κ1) is 24.5. The van der Waals surface area contributed by atoms with Crippen molar-refractivity contribution in [1.29, 1.82) is 0 Å². The van der Waals surface area contributed by atoms with E-state index in [-0.39, 0.29) is 5.41 Å². The number of nitrogens with zero attached hydrogens (tertiary/aromatic N) is 3. The third kappa shape index (κ3) is 9.37. The largest absolute Gasteiger partial charge is 0.379 e. The Hall–Kier alpha value is -1.76. The lowest BCUT2D eigenvalue weighted by atomic mass is 9.86. The van der Waals surface area contributed by atoms with E-state index >= 15 is 0 Å². The summed E-state index contributed by atoms with van der Waals surface area (Å²) in [7, 11) is 0. The molecule has 0 amide bonds. The Labute approximate surface area is 181 Å². The zero-order valence-electron chi connectivity index (χ0n) is 19.6. The van der Waals surface area contributed by atoms with Crippen LogP contribution in [0.25, 0.3) is 11.3 Å². The highest BCUT2D eigenvalue weighted by molar-refractivity contribution is 5.58. The molecular formula is C24H39N3O3. The molecule has 2 rings (SSSR count). The topological polar surface area (TPSA) is 58.4 Å². The molecule has 2 aromatic rings. The standard InChI is InChI=1S/C24H39N3O3/c1-23(2,3)11-13-28-15-17-30-18-16-29-14-12-27-19-22(25-26-27)20-7-9-21(10-8-20)24(4,5)6/h7-10,19H,11-18H2,1-6H3. The average Bonchev–Trinajstić information content (AvgIpc) is 3.13. The van der Waals surface area contributed by atoms with Gasteiger partial charge in [0.2, 0.25) is 0 Å². The van der Waals surface area contributed by atoms with Crippen LogP contribution in [0.4, 0.5) is 0 Å². The van der Waals surface area contributed by atoms with Crippen LogP contribution in [-0.2, 0) is 26.2 Å². The Bertz CT molecular complexity index is 727. The van der Waals surface area contributed by atoms with Crippen molar-refractivity contribution in [2.45, 2.75) is 59.9 Å². The van der Waals surface area contributed by atoms with Crippen molar-refractivity contribution < 1.29 is 14.2 Å². The zero-order valence-corrected chi connectivity index (χ0v) is 19.6. The number of aromatic nitrogens is 3. The highest BCUT2D eigenvalue weighted by Gasteiger charge is 2.13. The van der Waals surface area contributed by atoms with Gasteiger partial charge in [-0.25, -0.2) is 4.68 Å². The molecule has 0 bridgehead atoms. The van der Waals surface area contributed by atoms with Gasteiger partial charge in [0.25, 0.3) is 0 Å². The molecule has 6 heteroatoms. The van der Waals surface area contributed by atoms with Crippen LogP contribution in [0.1, 0.15) is 53.5 Å². The molecule has 30 heavy (non-hydrogen) atoms. The summed E-state index contributed by atoms with van der Waals surface area (Å²) in [6.07, 6.45) is 3.02. The highest BCUT2D eigenvalue weighted by Crippen LogP contribution is 2.25. The normalized spacial score (nSPS) is 12.5. The van der Waals surface area contributed by atoms with Gasteiger partial charge in [-0.05, 0) is 22.8 Å². The minimum absolute atomic E-state index is 0.149. The maximum atomic E-state index is 5.62. The molecule has 0 N–H and O–H groups in total. The van der Waals surface area contributed by atoms with E-state index in [1.54, 1.807) is 0 Å². The van der Waals surface area contributed by atoms with Crippen LogP contribution < -0.4 is 0 Å². The van der Waals surface area contributed by atoms with Crippen molar-refractivity contribution >= 4 is 0 Å². The van der Waals surface area contributed by atoms with Gasteiger partial charge in [-0.15, -0.1) is 5.10 Å². The van der Waals surface area contributed by atoms with Crippen LogP contribution in [0.5, 0.6) is 0 Å². The van der Waals surface area contributed by atoms with Crippen molar-refractivity contribution in [2.75, 3.05) is 39.6 Å². The molecule has 0 saturated carbocycles. The van der Waals surface area contributed by atoms with Crippen LogP contribution in [0.2, 0.25) is 0 Å². The van der Waals surface area contributed by atoms with E-state index in [0.29, 0.717) is 45.0 Å². The number of hydrogen-bond donors (Lipinski definition) is 0. The zero-order chi connectivity index (χ0) is 22.0. The fourth-order valence-electron chi connectivity index (χ4n) is 2.76. The molecule has 1 heterocycles. The van der Waals surface area contributed by atoms with Crippen molar-refractivity contribution in [3.05, 3.63) is 36.0 Å². The van der Waals surface area contributed by atoms with Gasteiger partial charge in [0, 0.05) is 12.2 Å². The van der Waals surface area contributed by atoms with Crippen LogP contribution >= 0.6 is 0 Å². The molecule has 0 aliphatic rings. The minimum Gasteiger partial charge on any atom is -0.379 e. The average molecular weight is 418 g/mol. The van der Waals surface area contributed by atoms with Gasteiger partial charge < -0.3 is 14.2 Å². The predicted octanol–water partition coefficient (Wildman–Crippen LogP) is 4.73. The van der Waals surface area contributed by atoms with Crippen LogP contribution in [-0.4, -0.2) is 54.6 Å². The van der Waals surface area contributed by atoms with E-state index in [9.17, 15) is 0 Å².